The van der Waals surface area contributed by atoms with Crippen LogP contribution in [0.1, 0.15) is 26.5 Å². The summed E-state index contributed by atoms with van der Waals surface area (Å²) in [7, 11) is 3.36. The van der Waals surface area contributed by atoms with Crippen LogP contribution >= 0.6 is 0 Å². The molecule has 0 saturated heterocycles. The van der Waals surface area contributed by atoms with Crippen LogP contribution in [0.4, 0.5) is 10.6 Å². The normalized spacial score (nSPS) is 11.2. The first-order valence-electron chi connectivity index (χ1n) is 6.77. The Morgan fingerprint density at radius 1 is 1.41 bits per heavy atom. The molecule has 0 saturated carbocycles. The van der Waals surface area contributed by atoms with E-state index in [0.717, 1.165) is 6.34 Å². The Labute approximate surface area is 130 Å². The van der Waals surface area contributed by atoms with E-state index in [0.29, 0.717) is 11.5 Å². The van der Waals surface area contributed by atoms with Crippen molar-refractivity contribution >= 4 is 18.2 Å². The first-order chi connectivity index (χ1) is 10.2. The fourth-order valence-electron chi connectivity index (χ4n) is 1.37. The van der Waals surface area contributed by atoms with Gasteiger partial charge < -0.3 is 4.74 Å². The highest BCUT2D eigenvalue weighted by molar-refractivity contribution is 5.83. The summed E-state index contributed by atoms with van der Waals surface area (Å²) in [5.41, 5.74) is 0.0731. The molecule has 8 nitrogen and oxygen atoms in total. The van der Waals surface area contributed by atoms with Crippen LogP contribution in [0.25, 0.3) is 0 Å². The van der Waals surface area contributed by atoms with Gasteiger partial charge in [-0.05, 0) is 32.9 Å². The average molecular weight is 309 g/mol. The SMILES string of the molecule is CN(C=N)N(C)OCc1cccc(NC(=O)OC(C)(C)C)n1. The molecule has 1 amide bonds. The predicted molar refractivity (Wildman–Crippen MR) is 83.2 cm³/mol. The van der Waals surface area contributed by atoms with Gasteiger partial charge in [-0.15, -0.1) is 5.17 Å². The lowest BCUT2D eigenvalue weighted by Crippen LogP contribution is -2.35. The van der Waals surface area contributed by atoms with Crippen LogP contribution in [-0.4, -0.2) is 47.3 Å². The topological polar surface area (TPSA) is 90.8 Å². The number of pyridine rings is 1. The number of hydrogen-bond acceptors (Lipinski definition) is 6. The molecule has 1 rings (SSSR count). The highest BCUT2D eigenvalue weighted by atomic mass is 16.7. The van der Waals surface area contributed by atoms with E-state index in [1.54, 1.807) is 53.1 Å². The molecule has 0 aliphatic heterocycles. The zero-order valence-corrected chi connectivity index (χ0v) is 13.6. The molecule has 22 heavy (non-hydrogen) atoms. The summed E-state index contributed by atoms with van der Waals surface area (Å²) >= 11 is 0. The summed E-state index contributed by atoms with van der Waals surface area (Å²) in [5.74, 6) is 0.387. The van der Waals surface area contributed by atoms with E-state index in [2.05, 4.69) is 10.3 Å². The van der Waals surface area contributed by atoms with Crippen molar-refractivity contribution in [1.29, 1.82) is 5.41 Å². The summed E-state index contributed by atoms with van der Waals surface area (Å²) < 4.78 is 5.16. The number of nitrogens with zero attached hydrogens (tertiary/aromatic N) is 3. The minimum atomic E-state index is -0.565. The minimum absolute atomic E-state index is 0.207. The molecular formula is C14H23N5O3. The zero-order valence-electron chi connectivity index (χ0n) is 13.6. The van der Waals surface area contributed by atoms with Crippen molar-refractivity contribution in [2.24, 2.45) is 0 Å². The van der Waals surface area contributed by atoms with Gasteiger partial charge in [0.2, 0.25) is 0 Å². The summed E-state index contributed by atoms with van der Waals surface area (Å²) in [6, 6.07) is 5.21. The monoisotopic (exact) mass is 309 g/mol. The largest absolute Gasteiger partial charge is 0.444 e. The number of aromatic nitrogens is 1. The highest BCUT2D eigenvalue weighted by Crippen LogP contribution is 2.11. The van der Waals surface area contributed by atoms with Gasteiger partial charge in [-0.1, -0.05) is 6.07 Å². The zero-order chi connectivity index (χ0) is 16.8. The van der Waals surface area contributed by atoms with E-state index in [4.69, 9.17) is 15.0 Å². The second-order valence-corrected chi connectivity index (χ2v) is 5.58. The minimum Gasteiger partial charge on any atom is -0.444 e. The molecule has 0 radical (unpaired) electrons. The van der Waals surface area contributed by atoms with Gasteiger partial charge in [0.15, 0.2) is 0 Å². The Morgan fingerprint density at radius 2 is 2.09 bits per heavy atom. The number of carbonyl (C=O) groups excluding carboxylic acids is 1. The molecule has 0 aliphatic rings. The number of hydrogen-bond donors (Lipinski definition) is 2. The predicted octanol–water partition coefficient (Wildman–Crippen LogP) is 2.25. The van der Waals surface area contributed by atoms with Crippen LogP contribution in [0.15, 0.2) is 18.2 Å². The molecule has 0 aliphatic carbocycles. The van der Waals surface area contributed by atoms with Gasteiger partial charge in [0, 0.05) is 14.1 Å². The van der Waals surface area contributed by atoms with E-state index in [-0.39, 0.29) is 6.61 Å². The Balaban J connectivity index is 2.59. The Hall–Kier alpha value is -2.19. The molecule has 1 aromatic heterocycles. The fourth-order valence-corrected chi connectivity index (χ4v) is 1.37. The molecule has 0 unspecified atom stereocenters. The summed E-state index contributed by atoms with van der Waals surface area (Å²) in [4.78, 5) is 21.4. The number of amides is 1. The molecule has 1 heterocycles. The van der Waals surface area contributed by atoms with Crippen LogP contribution in [0.3, 0.4) is 0 Å². The third-order valence-corrected chi connectivity index (χ3v) is 2.47. The third-order valence-electron chi connectivity index (χ3n) is 2.47. The van der Waals surface area contributed by atoms with Gasteiger partial charge in [0.05, 0.1) is 12.0 Å². The van der Waals surface area contributed by atoms with Crippen molar-refractivity contribution in [2.75, 3.05) is 19.4 Å². The number of rotatable bonds is 6. The standard InChI is InChI=1S/C14H23N5O3/c1-14(2,3)22-13(20)17-12-8-6-7-11(16-12)9-21-19(5)18(4)10-15/h6-8,10,15H,9H2,1-5H3,(H,16,17,20). The summed E-state index contributed by atoms with van der Waals surface area (Å²) in [5, 5.41) is 12.5. The van der Waals surface area contributed by atoms with Crippen LogP contribution in [0.5, 0.6) is 0 Å². The average Bonchev–Trinajstić information content (AvgIpc) is 2.42. The first kappa shape index (κ1) is 17.9. The van der Waals surface area contributed by atoms with E-state index >= 15 is 0 Å². The molecule has 0 bridgehead atoms. The van der Waals surface area contributed by atoms with Crippen LogP contribution in [0, 0.1) is 5.41 Å². The number of ether oxygens (including phenoxy) is 1. The molecular weight excluding hydrogens is 286 g/mol. The Bertz CT molecular complexity index is 515. The number of nitrogens with one attached hydrogen (secondary N) is 2. The molecule has 0 atom stereocenters. The third kappa shape index (κ3) is 6.51. The van der Waals surface area contributed by atoms with E-state index in [9.17, 15) is 4.79 Å². The molecule has 0 spiro atoms. The van der Waals surface area contributed by atoms with E-state index < -0.39 is 11.7 Å². The molecule has 122 valence electrons. The van der Waals surface area contributed by atoms with Gasteiger partial charge in [-0.25, -0.2) is 9.78 Å². The lowest BCUT2D eigenvalue weighted by Gasteiger charge is -2.24. The maximum atomic E-state index is 11.7. The molecule has 0 fully saturated rings. The van der Waals surface area contributed by atoms with Crippen molar-refractivity contribution in [3.8, 4) is 0 Å². The lowest BCUT2D eigenvalue weighted by molar-refractivity contribution is -0.239. The number of hydrazine groups is 1. The smallest absolute Gasteiger partial charge is 0.413 e. The van der Waals surface area contributed by atoms with Crippen molar-refractivity contribution in [3.05, 3.63) is 23.9 Å². The highest BCUT2D eigenvalue weighted by Gasteiger charge is 2.16. The van der Waals surface area contributed by atoms with Crippen molar-refractivity contribution in [1.82, 2.24) is 15.2 Å². The molecule has 1 aromatic rings. The van der Waals surface area contributed by atoms with Gasteiger partial charge in [-0.3, -0.25) is 20.6 Å². The number of anilines is 1. The molecule has 0 aromatic carbocycles. The second-order valence-electron chi connectivity index (χ2n) is 5.58. The van der Waals surface area contributed by atoms with Crippen LogP contribution in [-0.2, 0) is 16.2 Å². The van der Waals surface area contributed by atoms with Gasteiger partial charge in [0.1, 0.15) is 18.0 Å². The first-order valence-corrected chi connectivity index (χ1v) is 6.77. The van der Waals surface area contributed by atoms with Gasteiger partial charge >= 0.3 is 6.09 Å². The fraction of sp³-hybridized carbons (Fsp3) is 0.500. The van der Waals surface area contributed by atoms with E-state index in [1.807, 2.05) is 0 Å². The Morgan fingerprint density at radius 3 is 2.68 bits per heavy atom. The Kier molecular flexibility index (Phi) is 6.26. The van der Waals surface area contributed by atoms with Gasteiger partial charge in [0.25, 0.3) is 0 Å². The van der Waals surface area contributed by atoms with Gasteiger partial charge in [-0.2, -0.15) is 0 Å². The van der Waals surface area contributed by atoms with E-state index in [1.165, 1.54) is 10.2 Å². The quantitative estimate of drug-likeness (QED) is 0.476. The lowest BCUT2D eigenvalue weighted by atomic mass is 10.2. The summed E-state index contributed by atoms with van der Waals surface area (Å²) in [6.07, 6.45) is 0.562. The van der Waals surface area contributed by atoms with Crippen molar-refractivity contribution in [2.45, 2.75) is 33.0 Å². The summed E-state index contributed by atoms with van der Waals surface area (Å²) in [6.45, 7) is 5.58. The maximum absolute atomic E-state index is 11.7. The number of carbonyl (C=O) groups is 1. The molecule has 8 heteroatoms. The van der Waals surface area contributed by atoms with Crippen LogP contribution < -0.4 is 5.32 Å². The second kappa shape index (κ2) is 7.71. The molecule has 2 N–H and O–H groups in total. The van der Waals surface area contributed by atoms with Crippen LogP contribution in [0.2, 0.25) is 0 Å². The van der Waals surface area contributed by atoms with Crippen molar-refractivity contribution < 1.29 is 14.4 Å². The maximum Gasteiger partial charge on any atom is 0.413 e. The van der Waals surface area contributed by atoms with Crippen molar-refractivity contribution in [3.63, 3.8) is 0 Å². The number of hydroxylamine groups is 1.